The zero-order valence-electron chi connectivity index (χ0n) is 8.40. The Labute approximate surface area is 96.1 Å². The van der Waals surface area contributed by atoms with Gasteiger partial charge < -0.3 is 10.5 Å². The third-order valence-electron chi connectivity index (χ3n) is 1.83. The number of halogens is 1. The summed E-state index contributed by atoms with van der Waals surface area (Å²) in [7, 11) is 0. The molecule has 0 atom stereocenters. The quantitative estimate of drug-likeness (QED) is 0.380. The molecular weight excluding hydrogens is 236 g/mol. The molecule has 1 rings (SSSR count). The van der Waals surface area contributed by atoms with Crippen LogP contribution in [-0.4, -0.2) is 17.5 Å². The van der Waals surface area contributed by atoms with E-state index in [9.17, 15) is 14.9 Å². The van der Waals surface area contributed by atoms with Gasteiger partial charge in [-0.1, -0.05) is 11.6 Å². The van der Waals surface area contributed by atoms with E-state index in [2.05, 4.69) is 0 Å². The van der Waals surface area contributed by atoms with Crippen molar-refractivity contribution in [1.82, 2.24) is 0 Å². The van der Waals surface area contributed by atoms with Crippen LogP contribution in [-0.2, 0) is 4.74 Å². The highest BCUT2D eigenvalue weighted by molar-refractivity contribution is 6.36. The van der Waals surface area contributed by atoms with Crippen molar-refractivity contribution in [3.05, 3.63) is 32.8 Å². The zero-order chi connectivity index (χ0) is 12.3. The smallest absolute Gasteiger partial charge is 0.339 e. The van der Waals surface area contributed by atoms with Gasteiger partial charge in [-0.05, 0) is 19.1 Å². The van der Waals surface area contributed by atoms with Crippen LogP contribution in [0.3, 0.4) is 0 Å². The molecule has 0 saturated carbocycles. The van der Waals surface area contributed by atoms with Gasteiger partial charge in [0.25, 0.3) is 0 Å². The first-order valence-electron chi connectivity index (χ1n) is 4.38. The Hall–Kier alpha value is -1.82. The van der Waals surface area contributed by atoms with Crippen LogP contribution in [0.5, 0.6) is 0 Å². The Morgan fingerprint density at radius 1 is 1.62 bits per heavy atom. The van der Waals surface area contributed by atoms with Gasteiger partial charge in [0, 0.05) is 0 Å². The molecule has 0 saturated heterocycles. The second kappa shape index (κ2) is 4.80. The summed E-state index contributed by atoms with van der Waals surface area (Å²) in [5, 5.41) is 10.4. The topological polar surface area (TPSA) is 95.5 Å². The molecule has 2 N–H and O–H groups in total. The van der Waals surface area contributed by atoms with Gasteiger partial charge in [0.2, 0.25) is 0 Å². The summed E-state index contributed by atoms with van der Waals surface area (Å²) in [4.78, 5) is 21.3. The zero-order valence-corrected chi connectivity index (χ0v) is 9.15. The number of esters is 1. The molecule has 1 aromatic carbocycles. The van der Waals surface area contributed by atoms with Crippen LogP contribution in [0, 0.1) is 10.1 Å². The maximum Gasteiger partial charge on any atom is 0.339 e. The van der Waals surface area contributed by atoms with Gasteiger partial charge >= 0.3 is 11.7 Å². The monoisotopic (exact) mass is 244 g/mol. The lowest BCUT2D eigenvalue weighted by molar-refractivity contribution is -0.383. The van der Waals surface area contributed by atoms with Crippen LogP contribution in [0.1, 0.15) is 17.3 Å². The van der Waals surface area contributed by atoms with E-state index in [1.807, 2.05) is 0 Å². The molecule has 0 aliphatic rings. The molecule has 16 heavy (non-hydrogen) atoms. The average molecular weight is 245 g/mol. The van der Waals surface area contributed by atoms with E-state index in [4.69, 9.17) is 22.1 Å². The Balaban J connectivity index is 3.29. The summed E-state index contributed by atoms with van der Waals surface area (Å²) in [6.45, 7) is 1.78. The molecule has 0 heterocycles. The van der Waals surface area contributed by atoms with Crippen LogP contribution < -0.4 is 5.73 Å². The van der Waals surface area contributed by atoms with Crippen LogP contribution in [0.25, 0.3) is 0 Å². The fourth-order valence-electron chi connectivity index (χ4n) is 1.13. The van der Waals surface area contributed by atoms with E-state index in [1.54, 1.807) is 6.92 Å². The molecule has 7 heteroatoms. The minimum atomic E-state index is -0.736. The SMILES string of the molecule is CCOC(=O)c1ccc(N)c([N+](=O)[O-])c1Cl. The van der Waals surface area contributed by atoms with E-state index in [0.29, 0.717) is 0 Å². The average Bonchev–Trinajstić information content (AvgIpc) is 2.17. The first kappa shape index (κ1) is 12.3. The van der Waals surface area contributed by atoms with Crippen molar-refractivity contribution in [2.45, 2.75) is 6.92 Å². The number of nitrogens with two attached hydrogens (primary N) is 1. The number of benzene rings is 1. The van der Waals surface area contributed by atoms with Crippen molar-refractivity contribution in [2.75, 3.05) is 12.3 Å². The number of hydrogen-bond acceptors (Lipinski definition) is 5. The van der Waals surface area contributed by atoms with Gasteiger partial charge in [0.05, 0.1) is 17.1 Å². The van der Waals surface area contributed by atoms with E-state index in [0.717, 1.165) is 0 Å². The fraction of sp³-hybridized carbons (Fsp3) is 0.222. The van der Waals surface area contributed by atoms with Gasteiger partial charge in [-0.15, -0.1) is 0 Å². The van der Waals surface area contributed by atoms with Crippen molar-refractivity contribution in [3.63, 3.8) is 0 Å². The lowest BCUT2D eigenvalue weighted by Crippen LogP contribution is -2.07. The number of nitro groups is 1. The first-order chi connectivity index (χ1) is 7.49. The van der Waals surface area contributed by atoms with Crippen molar-refractivity contribution in [2.24, 2.45) is 0 Å². The van der Waals surface area contributed by atoms with Gasteiger partial charge in [-0.2, -0.15) is 0 Å². The number of hydrogen-bond donors (Lipinski definition) is 1. The lowest BCUT2D eigenvalue weighted by atomic mass is 10.1. The maximum absolute atomic E-state index is 11.4. The van der Waals surface area contributed by atoms with Crippen LogP contribution in [0.15, 0.2) is 12.1 Å². The molecule has 86 valence electrons. The van der Waals surface area contributed by atoms with Gasteiger partial charge in [0.1, 0.15) is 10.7 Å². The fourth-order valence-corrected chi connectivity index (χ4v) is 1.45. The predicted molar refractivity (Wildman–Crippen MR) is 58.5 cm³/mol. The van der Waals surface area contributed by atoms with Crippen LogP contribution in [0.2, 0.25) is 5.02 Å². The Kier molecular flexibility index (Phi) is 3.68. The number of anilines is 1. The standard InChI is InChI=1S/C9H9ClN2O4/c1-2-16-9(13)5-3-4-6(11)8(7(5)10)12(14)15/h3-4H,2,11H2,1H3. The summed E-state index contributed by atoms with van der Waals surface area (Å²) in [5.74, 6) is -0.712. The predicted octanol–water partition coefficient (Wildman–Crippen LogP) is 2.01. The van der Waals surface area contributed by atoms with Crippen molar-refractivity contribution < 1.29 is 14.5 Å². The lowest BCUT2D eigenvalue weighted by Gasteiger charge is -2.05. The number of ether oxygens (including phenoxy) is 1. The molecule has 1 aromatic rings. The molecule has 0 amide bonds. The van der Waals surface area contributed by atoms with E-state index >= 15 is 0 Å². The van der Waals surface area contributed by atoms with E-state index in [1.165, 1.54) is 12.1 Å². The second-order valence-electron chi connectivity index (χ2n) is 2.84. The molecule has 0 aliphatic heterocycles. The second-order valence-corrected chi connectivity index (χ2v) is 3.22. The molecule has 0 unspecified atom stereocenters. The molecule has 0 bridgehead atoms. The Morgan fingerprint density at radius 3 is 2.75 bits per heavy atom. The van der Waals surface area contributed by atoms with Gasteiger partial charge in [-0.25, -0.2) is 4.79 Å². The first-order valence-corrected chi connectivity index (χ1v) is 4.76. The number of nitrogen functional groups attached to an aromatic ring is 1. The number of nitro benzene ring substituents is 1. The minimum Gasteiger partial charge on any atom is -0.462 e. The molecule has 0 spiro atoms. The van der Waals surface area contributed by atoms with Gasteiger partial charge in [-0.3, -0.25) is 10.1 Å². The molecule has 0 aromatic heterocycles. The maximum atomic E-state index is 11.4. The normalized spacial score (nSPS) is 9.88. The highest BCUT2D eigenvalue weighted by Crippen LogP contribution is 2.33. The van der Waals surface area contributed by atoms with E-state index < -0.39 is 16.6 Å². The highest BCUT2D eigenvalue weighted by atomic mass is 35.5. The number of rotatable bonds is 3. The molecular formula is C9H9ClN2O4. The number of carbonyl (C=O) groups excluding carboxylic acids is 1. The number of nitrogens with zero attached hydrogens (tertiary/aromatic N) is 1. The summed E-state index contributed by atoms with van der Waals surface area (Å²) < 4.78 is 4.70. The molecule has 6 nitrogen and oxygen atoms in total. The molecule has 0 aliphatic carbocycles. The van der Waals surface area contributed by atoms with E-state index in [-0.39, 0.29) is 22.9 Å². The largest absolute Gasteiger partial charge is 0.462 e. The van der Waals surface area contributed by atoms with Crippen LogP contribution in [0.4, 0.5) is 11.4 Å². The highest BCUT2D eigenvalue weighted by Gasteiger charge is 2.24. The Morgan fingerprint density at radius 2 is 2.25 bits per heavy atom. The van der Waals surface area contributed by atoms with Crippen molar-refractivity contribution >= 4 is 28.9 Å². The Bertz CT molecular complexity index is 447. The summed E-state index contributed by atoms with van der Waals surface area (Å²) >= 11 is 5.72. The minimum absolute atomic E-state index is 0.0654. The van der Waals surface area contributed by atoms with Crippen molar-refractivity contribution in [1.29, 1.82) is 0 Å². The summed E-state index contributed by atoms with van der Waals surface area (Å²) in [6, 6.07) is 2.54. The van der Waals surface area contributed by atoms with Crippen molar-refractivity contribution in [3.8, 4) is 0 Å². The van der Waals surface area contributed by atoms with Gasteiger partial charge in [0.15, 0.2) is 0 Å². The number of carbonyl (C=O) groups is 1. The summed E-state index contributed by atoms with van der Waals surface area (Å²) in [5.41, 5.74) is 4.75. The summed E-state index contributed by atoms with van der Waals surface area (Å²) in [6.07, 6.45) is 0. The molecule has 0 fully saturated rings. The molecule has 0 radical (unpaired) electrons. The third kappa shape index (κ3) is 2.22. The third-order valence-corrected chi connectivity index (χ3v) is 2.21. The van der Waals surface area contributed by atoms with Crippen LogP contribution >= 0.6 is 11.6 Å².